The van der Waals surface area contributed by atoms with Gasteiger partial charge in [0.1, 0.15) is 11.6 Å². The molecule has 3 rings (SSSR count). The van der Waals surface area contributed by atoms with Crippen molar-refractivity contribution < 1.29 is 22.4 Å². The molecular weight excluding hydrogens is 325 g/mol. The molecule has 0 bridgehead atoms. The third-order valence-electron chi connectivity index (χ3n) is 4.21. The fourth-order valence-electron chi connectivity index (χ4n) is 2.96. The lowest BCUT2D eigenvalue weighted by Gasteiger charge is -2.27. The lowest BCUT2D eigenvalue weighted by molar-refractivity contribution is -0.141. The molecule has 9 heteroatoms. The van der Waals surface area contributed by atoms with Crippen LogP contribution in [0.15, 0.2) is 17.0 Å². The van der Waals surface area contributed by atoms with E-state index in [1.54, 1.807) is 14.0 Å². The second kappa shape index (κ2) is 5.95. The molecule has 1 unspecified atom stereocenters. The Kier molecular flexibility index (Phi) is 4.10. The molecule has 0 N–H and O–H groups in total. The van der Waals surface area contributed by atoms with Gasteiger partial charge in [-0.1, -0.05) is 0 Å². The van der Waals surface area contributed by atoms with E-state index < -0.39 is 11.9 Å². The summed E-state index contributed by atoms with van der Waals surface area (Å²) in [6.07, 6.45) is -1.02. The van der Waals surface area contributed by atoms with E-state index in [-0.39, 0.29) is 17.5 Å². The molecule has 1 aliphatic heterocycles. The number of imidazole rings is 1. The van der Waals surface area contributed by atoms with Crippen molar-refractivity contribution in [3.8, 4) is 0 Å². The maximum Gasteiger partial charge on any atom is 0.434 e. The average Bonchev–Trinajstić information content (AvgIpc) is 3.11. The molecule has 130 valence electrons. The topological polar surface area (TPSA) is 64.2 Å². The monoisotopic (exact) mass is 342 g/mol. The number of carbonyl (C=O) groups excluding carboxylic acids is 1. The van der Waals surface area contributed by atoms with Crippen molar-refractivity contribution in [1.82, 2.24) is 19.4 Å². The largest absolute Gasteiger partial charge is 0.448 e. The fraction of sp³-hybridized carbons (Fsp3) is 0.533. The van der Waals surface area contributed by atoms with Gasteiger partial charge in [0.15, 0.2) is 17.8 Å². The summed E-state index contributed by atoms with van der Waals surface area (Å²) in [5.41, 5.74) is -0.600. The first-order valence-electron chi connectivity index (χ1n) is 7.54. The molecule has 0 aromatic carbocycles. The van der Waals surface area contributed by atoms with Crippen LogP contribution in [0.5, 0.6) is 0 Å². The first-order valence-corrected chi connectivity index (χ1v) is 7.54. The number of amides is 1. The quantitative estimate of drug-likeness (QED) is 0.860. The number of nitrogens with zero attached hydrogens (tertiary/aromatic N) is 4. The highest BCUT2D eigenvalue weighted by atomic mass is 19.4. The van der Waals surface area contributed by atoms with E-state index in [1.807, 2.05) is 0 Å². The zero-order valence-electron chi connectivity index (χ0n) is 13.3. The van der Waals surface area contributed by atoms with Crippen molar-refractivity contribution in [2.24, 2.45) is 5.92 Å². The molecule has 0 fully saturated rings. The number of fused-ring (bicyclic) bond motifs is 1. The van der Waals surface area contributed by atoms with Gasteiger partial charge in [0.25, 0.3) is 5.91 Å². The van der Waals surface area contributed by atoms with E-state index in [1.165, 1.54) is 15.9 Å². The predicted octanol–water partition coefficient (Wildman–Crippen LogP) is 2.53. The van der Waals surface area contributed by atoms with Crippen LogP contribution in [0, 0.1) is 12.8 Å². The van der Waals surface area contributed by atoms with Crippen LogP contribution in [0.25, 0.3) is 0 Å². The fourth-order valence-corrected chi connectivity index (χ4v) is 2.96. The summed E-state index contributed by atoms with van der Waals surface area (Å²) in [4.78, 5) is 21.4. The van der Waals surface area contributed by atoms with Crippen LogP contribution < -0.4 is 0 Å². The zero-order valence-corrected chi connectivity index (χ0v) is 13.3. The van der Waals surface area contributed by atoms with Gasteiger partial charge in [-0.2, -0.15) is 13.2 Å². The van der Waals surface area contributed by atoms with Crippen LogP contribution >= 0.6 is 0 Å². The highest BCUT2D eigenvalue weighted by Crippen LogP contribution is 2.30. The van der Waals surface area contributed by atoms with Gasteiger partial charge in [-0.25, -0.2) is 9.97 Å². The summed E-state index contributed by atoms with van der Waals surface area (Å²) in [7, 11) is 1.65. The summed E-state index contributed by atoms with van der Waals surface area (Å²) in [5, 5.41) is 0. The Morgan fingerprint density at radius 1 is 1.50 bits per heavy atom. The summed E-state index contributed by atoms with van der Waals surface area (Å²) in [6.45, 7) is 2.50. The molecule has 2 aromatic heterocycles. The van der Waals surface area contributed by atoms with Gasteiger partial charge in [0.2, 0.25) is 0 Å². The SMILES string of the molecule is Cc1ocnc1C(=O)N(C)CC1CCc2nc(C(F)(F)F)cn2C1. The van der Waals surface area contributed by atoms with Gasteiger partial charge in [-0.3, -0.25) is 4.79 Å². The number of oxazole rings is 1. The molecule has 0 saturated heterocycles. The first-order chi connectivity index (χ1) is 11.3. The number of hydrogen-bond donors (Lipinski definition) is 0. The average molecular weight is 342 g/mol. The van der Waals surface area contributed by atoms with E-state index in [9.17, 15) is 18.0 Å². The van der Waals surface area contributed by atoms with Crippen LogP contribution in [0.1, 0.15) is 34.2 Å². The Morgan fingerprint density at radius 3 is 2.88 bits per heavy atom. The maximum atomic E-state index is 12.7. The normalized spacial score (nSPS) is 17.6. The summed E-state index contributed by atoms with van der Waals surface area (Å²) in [5.74, 6) is 0.699. The lowest BCUT2D eigenvalue weighted by atomic mass is 9.99. The van der Waals surface area contributed by atoms with Gasteiger partial charge < -0.3 is 13.9 Å². The minimum absolute atomic E-state index is 0.0638. The molecule has 2 aromatic rings. The molecule has 6 nitrogen and oxygen atoms in total. The maximum absolute atomic E-state index is 12.7. The molecule has 0 radical (unpaired) electrons. The summed E-state index contributed by atoms with van der Waals surface area (Å²) in [6, 6.07) is 0. The highest BCUT2D eigenvalue weighted by Gasteiger charge is 2.36. The molecule has 1 atom stereocenters. The van der Waals surface area contributed by atoms with E-state index >= 15 is 0 Å². The standard InChI is InChI=1S/C15H17F3N4O2/c1-9-13(19-8-24-9)14(23)21(2)5-10-3-4-12-20-11(15(16,17)18)7-22(12)6-10/h7-8,10H,3-6H2,1-2H3. The molecule has 1 aliphatic rings. The minimum atomic E-state index is -4.43. The number of halogens is 3. The van der Waals surface area contributed by atoms with Gasteiger partial charge in [-0.15, -0.1) is 0 Å². The molecular formula is C15H17F3N4O2. The number of aryl methyl sites for hydroxylation is 2. The van der Waals surface area contributed by atoms with Crippen LogP contribution in [0.2, 0.25) is 0 Å². The van der Waals surface area contributed by atoms with Crippen LogP contribution in [-0.2, 0) is 19.1 Å². The Labute approximate surface area is 136 Å². The van der Waals surface area contributed by atoms with Crippen molar-refractivity contribution in [3.63, 3.8) is 0 Å². The first kappa shape index (κ1) is 16.5. The van der Waals surface area contributed by atoms with Gasteiger partial charge in [0, 0.05) is 32.8 Å². The number of hydrogen-bond acceptors (Lipinski definition) is 4. The number of carbonyl (C=O) groups is 1. The summed E-state index contributed by atoms with van der Waals surface area (Å²) >= 11 is 0. The van der Waals surface area contributed by atoms with Crippen molar-refractivity contribution in [3.05, 3.63) is 35.6 Å². The number of rotatable bonds is 3. The third-order valence-corrected chi connectivity index (χ3v) is 4.21. The number of alkyl halides is 3. The van der Waals surface area contributed by atoms with Crippen molar-refractivity contribution in [1.29, 1.82) is 0 Å². The van der Waals surface area contributed by atoms with E-state index in [4.69, 9.17) is 4.42 Å². The zero-order chi connectivity index (χ0) is 17.5. The second-order valence-electron chi connectivity index (χ2n) is 6.04. The van der Waals surface area contributed by atoms with Crippen LogP contribution in [0.3, 0.4) is 0 Å². The van der Waals surface area contributed by atoms with E-state index in [0.29, 0.717) is 37.5 Å². The Morgan fingerprint density at radius 2 is 2.25 bits per heavy atom. The smallest absolute Gasteiger partial charge is 0.434 e. The Hall–Kier alpha value is -2.32. The molecule has 0 aliphatic carbocycles. The molecule has 3 heterocycles. The second-order valence-corrected chi connectivity index (χ2v) is 6.04. The molecule has 0 saturated carbocycles. The Balaban J connectivity index is 1.66. The van der Waals surface area contributed by atoms with Crippen molar-refractivity contribution in [2.45, 2.75) is 32.5 Å². The number of aromatic nitrogens is 3. The summed E-state index contributed by atoms with van der Waals surface area (Å²) < 4.78 is 44.8. The van der Waals surface area contributed by atoms with Gasteiger partial charge in [0.05, 0.1) is 0 Å². The molecule has 0 spiro atoms. The lowest BCUT2D eigenvalue weighted by Crippen LogP contribution is -2.35. The van der Waals surface area contributed by atoms with Crippen LogP contribution in [-0.4, -0.2) is 38.9 Å². The van der Waals surface area contributed by atoms with Crippen LogP contribution in [0.4, 0.5) is 13.2 Å². The predicted molar refractivity (Wildman–Crippen MR) is 77.2 cm³/mol. The third kappa shape index (κ3) is 3.15. The highest BCUT2D eigenvalue weighted by molar-refractivity contribution is 5.92. The Bertz CT molecular complexity index is 750. The van der Waals surface area contributed by atoms with Crippen molar-refractivity contribution in [2.75, 3.05) is 13.6 Å². The van der Waals surface area contributed by atoms with Crippen molar-refractivity contribution >= 4 is 5.91 Å². The molecule has 24 heavy (non-hydrogen) atoms. The van der Waals surface area contributed by atoms with E-state index in [2.05, 4.69) is 9.97 Å². The van der Waals surface area contributed by atoms with Gasteiger partial charge >= 0.3 is 6.18 Å². The minimum Gasteiger partial charge on any atom is -0.448 e. The van der Waals surface area contributed by atoms with Gasteiger partial charge in [-0.05, 0) is 19.3 Å². The molecule has 1 amide bonds. The van der Waals surface area contributed by atoms with E-state index in [0.717, 1.165) is 6.20 Å².